The second-order valence-corrected chi connectivity index (χ2v) is 4.38. The van der Waals surface area contributed by atoms with Crippen molar-refractivity contribution in [2.24, 2.45) is 5.73 Å². The van der Waals surface area contributed by atoms with Crippen molar-refractivity contribution in [2.75, 3.05) is 0 Å². The molecule has 0 radical (unpaired) electrons. The van der Waals surface area contributed by atoms with Gasteiger partial charge >= 0.3 is 0 Å². The fraction of sp³-hybridized carbons (Fsp3) is 0.333. The van der Waals surface area contributed by atoms with E-state index in [1.54, 1.807) is 11.0 Å². The van der Waals surface area contributed by atoms with Gasteiger partial charge in [-0.05, 0) is 24.1 Å². The van der Waals surface area contributed by atoms with Crippen LogP contribution >= 0.6 is 11.6 Å². The smallest absolute Gasteiger partial charge is 0.137 e. The summed E-state index contributed by atoms with van der Waals surface area (Å²) < 4.78 is 1.78. The van der Waals surface area contributed by atoms with E-state index in [1.807, 2.05) is 24.3 Å². The Morgan fingerprint density at radius 3 is 2.88 bits per heavy atom. The van der Waals surface area contributed by atoms with Crippen molar-refractivity contribution in [1.29, 1.82) is 0 Å². The summed E-state index contributed by atoms with van der Waals surface area (Å²) in [4.78, 5) is 3.97. The molecule has 5 heteroatoms. The average Bonchev–Trinajstić information content (AvgIpc) is 2.83. The van der Waals surface area contributed by atoms with Crippen LogP contribution in [0.25, 0.3) is 0 Å². The third-order valence-corrected chi connectivity index (χ3v) is 3.02. The summed E-state index contributed by atoms with van der Waals surface area (Å²) in [6.45, 7) is 2.05. The van der Waals surface area contributed by atoms with Crippen LogP contribution in [-0.4, -0.2) is 20.8 Å². The van der Waals surface area contributed by atoms with Crippen molar-refractivity contribution in [3.05, 3.63) is 47.5 Å². The first-order valence-electron chi connectivity index (χ1n) is 5.57. The van der Waals surface area contributed by atoms with E-state index >= 15 is 0 Å². The average molecular weight is 251 g/mol. The van der Waals surface area contributed by atoms with Gasteiger partial charge < -0.3 is 5.73 Å². The highest BCUT2D eigenvalue weighted by molar-refractivity contribution is 6.30. The molecular weight excluding hydrogens is 236 g/mol. The zero-order valence-corrected chi connectivity index (χ0v) is 10.4. The summed E-state index contributed by atoms with van der Waals surface area (Å²) >= 11 is 6.01. The van der Waals surface area contributed by atoms with E-state index in [1.165, 1.54) is 6.33 Å². The highest BCUT2D eigenvalue weighted by Gasteiger charge is 2.21. The Bertz CT molecular complexity index is 469. The van der Waals surface area contributed by atoms with E-state index in [2.05, 4.69) is 17.0 Å². The van der Waals surface area contributed by atoms with Crippen LogP contribution in [0.4, 0.5) is 0 Å². The maximum atomic E-state index is 6.16. The molecule has 2 atom stereocenters. The molecule has 0 aliphatic carbocycles. The van der Waals surface area contributed by atoms with Gasteiger partial charge in [-0.15, -0.1) is 0 Å². The topological polar surface area (TPSA) is 56.7 Å². The third-order valence-electron chi connectivity index (χ3n) is 2.79. The molecule has 1 aromatic heterocycles. The molecule has 4 nitrogen and oxygen atoms in total. The van der Waals surface area contributed by atoms with Crippen LogP contribution in [-0.2, 0) is 0 Å². The standard InChI is InChI=1S/C12H15ClN4/c1-2-11(14)12(17-8-15-7-16-17)9-4-3-5-10(13)6-9/h3-8,11-12H,2,14H2,1H3. The minimum absolute atomic E-state index is 0.0184. The Morgan fingerprint density at radius 2 is 2.29 bits per heavy atom. The first-order chi connectivity index (χ1) is 8.22. The summed E-state index contributed by atoms with van der Waals surface area (Å²) in [6.07, 6.45) is 4.05. The van der Waals surface area contributed by atoms with Gasteiger partial charge in [0.05, 0.1) is 6.04 Å². The first kappa shape index (κ1) is 12.1. The zero-order valence-electron chi connectivity index (χ0n) is 9.62. The molecule has 1 heterocycles. The van der Waals surface area contributed by atoms with Crippen LogP contribution in [0.5, 0.6) is 0 Å². The molecule has 0 fully saturated rings. The fourth-order valence-corrected chi connectivity index (χ4v) is 2.07. The molecule has 0 spiro atoms. The van der Waals surface area contributed by atoms with Crippen LogP contribution in [0, 0.1) is 0 Å². The fourth-order valence-electron chi connectivity index (χ4n) is 1.87. The molecule has 0 saturated carbocycles. The quantitative estimate of drug-likeness (QED) is 0.906. The lowest BCUT2D eigenvalue weighted by atomic mass is 9.98. The lowest BCUT2D eigenvalue weighted by Crippen LogP contribution is -2.32. The number of halogens is 1. The molecule has 0 bridgehead atoms. The van der Waals surface area contributed by atoms with Gasteiger partial charge in [-0.1, -0.05) is 30.7 Å². The van der Waals surface area contributed by atoms with Gasteiger partial charge in [0.2, 0.25) is 0 Å². The number of hydrogen-bond acceptors (Lipinski definition) is 3. The summed E-state index contributed by atoms with van der Waals surface area (Å²) in [7, 11) is 0. The molecule has 1 aromatic carbocycles. The minimum atomic E-state index is -0.0267. The summed E-state index contributed by atoms with van der Waals surface area (Å²) in [6, 6.07) is 7.65. The van der Waals surface area contributed by atoms with Gasteiger partial charge in [0.25, 0.3) is 0 Å². The van der Waals surface area contributed by atoms with Crippen molar-refractivity contribution in [3.63, 3.8) is 0 Å². The summed E-state index contributed by atoms with van der Waals surface area (Å²) in [5.41, 5.74) is 7.21. The van der Waals surface area contributed by atoms with Crippen molar-refractivity contribution in [3.8, 4) is 0 Å². The van der Waals surface area contributed by atoms with Crippen LogP contribution in [0.2, 0.25) is 5.02 Å². The van der Waals surface area contributed by atoms with Crippen molar-refractivity contribution < 1.29 is 0 Å². The zero-order chi connectivity index (χ0) is 12.3. The molecule has 2 N–H and O–H groups in total. The Morgan fingerprint density at radius 1 is 1.47 bits per heavy atom. The summed E-state index contributed by atoms with van der Waals surface area (Å²) in [5.74, 6) is 0. The van der Waals surface area contributed by atoms with Crippen molar-refractivity contribution in [2.45, 2.75) is 25.4 Å². The molecule has 17 heavy (non-hydrogen) atoms. The van der Waals surface area contributed by atoms with Crippen LogP contribution in [0.15, 0.2) is 36.9 Å². The monoisotopic (exact) mass is 250 g/mol. The van der Waals surface area contributed by atoms with Gasteiger partial charge in [-0.2, -0.15) is 5.10 Å². The maximum absolute atomic E-state index is 6.16. The van der Waals surface area contributed by atoms with Gasteiger partial charge in [0.1, 0.15) is 12.7 Å². The molecule has 2 rings (SSSR count). The van der Waals surface area contributed by atoms with E-state index in [-0.39, 0.29) is 12.1 Å². The number of nitrogens with two attached hydrogens (primary N) is 1. The third kappa shape index (κ3) is 2.65. The second-order valence-electron chi connectivity index (χ2n) is 3.95. The Balaban J connectivity index is 2.40. The van der Waals surface area contributed by atoms with E-state index in [9.17, 15) is 0 Å². The number of nitrogens with zero attached hydrogens (tertiary/aromatic N) is 3. The first-order valence-corrected chi connectivity index (χ1v) is 5.95. The maximum Gasteiger partial charge on any atom is 0.137 e. The molecule has 0 aliphatic heterocycles. The lowest BCUT2D eigenvalue weighted by molar-refractivity contribution is 0.423. The Labute approximate surface area is 105 Å². The van der Waals surface area contributed by atoms with E-state index in [4.69, 9.17) is 17.3 Å². The number of benzene rings is 1. The molecule has 90 valence electrons. The van der Waals surface area contributed by atoms with Gasteiger partial charge in [0.15, 0.2) is 0 Å². The Kier molecular flexibility index (Phi) is 3.76. The highest BCUT2D eigenvalue weighted by Crippen LogP contribution is 2.24. The molecule has 2 unspecified atom stereocenters. The lowest BCUT2D eigenvalue weighted by Gasteiger charge is -2.23. The van der Waals surface area contributed by atoms with E-state index in [0.29, 0.717) is 5.02 Å². The highest BCUT2D eigenvalue weighted by atomic mass is 35.5. The predicted molar refractivity (Wildman–Crippen MR) is 67.9 cm³/mol. The molecule has 0 aliphatic rings. The number of hydrogen-bond donors (Lipinski definition) is 1. The van der Waals surface area contributed by atoms with E-state index in [0.717, 1.165) is 12.0 Å². The molecule has 0 saturated heterocycles. The van der Waals surface area contributed by atoms with Gasteiger partial charge in [-0.3, -0.25) is 0 Å². The number of rotatable bonds is 4. The SMILES string of the molecule is CCC(N)C(c1cccc(Cl)c1)n1cncn1. The molecule has 0 amide bonds. The molecule has 2 aromatic rings. The van der Waals surface area contributed by atoms with Crippen molar-refractivity contribution >= 4 is 11.6 Å². The van der Waals surface area contributed by atoms with Crippen LogP contribution < -0.4 is 5.73 Å². The van der Waals surface area contributed by atoms with Gasteiger partial charge in [-0.25, -0.2) is 9.67 Å². The Hall–Kier alpha value is -1.39. The normalized spacial score (nSPS) is 14.5. The minimum Gasteiger partial charge on any atom is -0.326 e. The predicted octanol–water partition coefficient (Wildman–Crippen LogP) is 2.26. The second kappa shape index (κ2) is 5.29. The van der Waals surface area contributed by atoms with Gasteiger partial charge in [0, 0.05) is 11.1 Å². The van der Waals surface area contributed by atoms with Crippen LogP contribution in [0.3, 0.4) is 0 Å². The van der Waals surface area contributed by atoms with E-state index < -0.39 is 0 Å². The molecular formula is C12H15ClN4. The summed E-state index contributed by atoms with van der Waals surface area (Å²) in [5, 5.41) is 4.88. The largest absolute Gasteiger partial charge is 0.326 e. The number of aromatic nitrogens is 3. The van der Waals surface area contributed by atoms with Crippen LogP contribution in [0.1, 0.15) is 24.9 Å². The van der Waals surface area contributed by atoms with Crippen molar-refractivity contribution in [1.82, 2.24) is 14.8 Å².